The third-order valence-corrected chi connectivity index (χ3v) is 7.09. The molecule has 18 heavy (non-hydrogen) atoms. The van der Waals surface area contributed by atoms with Crippen molar-refractivity contribution in [3.63, 3.8) is 0 Å². The Morgan fingerprint density at radius 2 is 1.72 bits per heavy atom. The van der Waals surface area contributed by atoms with Gasteiger partial charge in [0.1, 0.15) is 0 Å². The van der Waals surface area contributed by atoms with Crippen LogP contribution in [0, 0.1) is 5.92 Å². The van der Waals surface area contributed by atoms with Crippen LogP contribution in [0.2, 0.25) is 0 Å². The normalized spacial score (nSPS) is 20.7. The minimum atomic E-state index is 0.291. The molecule has 0 saturated heterocycles. The van der Waals surface area contributed by atoms with E-state index in [0.717, 1.165) is 5.92 Å². The molecule has 1 aromatic heterocycles. The summed E-state index contributed by atoms with van der Waals surface area (Å²) in [6.45, 7) is 6.91. The van der Waals surface area contributed by atoms with Gasteiger partial charge in [0.15, 0.2) is 0 Å². The Kier molecular flexibility index (Phi) is 4.93. The molecule has 1 fully saturated rings. The molecule has 1 heterocycles. The van der Waals surface area contributed by atoms with Gasteiger partial charge in [-0.25, -0.2) is 0 Å². The lowest BCUT2D eigenvalue weighted by Crippen LogP contribution is -2.08. The molecule has 0 amide bonds. The molecule has 1 aromatic rings. The van der Waals surface area contributed by atoms with Gasteiger partial charge in [-0.2, -0.15) is 0 Å². The van der Waals surface area contributed by atoms with Crippen LogP contribution in [0.4, 0.5) is 0 Å². The van der Waals surface area contributed by atoms with Gasteiger partial charge < -0.3 is 0 Å². The number of rotatable bonds is 2. The molecule has 0 nitrogen and oxygen atoms in total. The van der Waals surface area contributed by atoms with E-state index >= 15 is 0 Å². The number of thiophene rings is 1. The van der Waals surface area contributed by atoms with Crippen molar-refractivity contribution >= 4 is 27.3 Å². The summed E-state index contributed by atoms with van der Waals surface area (Å²) >= 11 is 5.97. The molecule has 0 spiro atoms. The molecule has 1 saturated carbocycles. The first-order valence-corrected chi connectivity index (χ1v) is 8.96. The lowest BCUT2D eigenvalue weighted by atomic mass is 9.94. The number of halogens is 1. The SMILES string of the molecule is CC(C)(C)c1ccc(C(Br)C2CCCCCC2)s1. The van der Waals surface area contributed by atoms with Crippen LogP contribution >= 0.6 is 27.3 Å². The summed E-state index contributed by atoms with van der Waals surface area (Å²) in [5, 5.41) is 0. The average molecular weight is 329 g/mol. The van der Waals surface area contributed by atoms with Crippen molar-refractivity contribution in [1.29, 1.82) is 0 Å². The molecule has 0 aliphatic heterocycles. The molecule has 0 bridgehead atoms. The van der Waals surface area contributed by atoms with Gasteiger partial charge in [0.25, 0.3) is 0 Å². The Bertz CT molecular complexity index is 367. The number of hydrogen-bond acceptors (Lipinski definition) is 1. The number of hydrogen-bond donors (Lipinski definition) is 0. The average Bonchev–Trinajstić information content (AvgIpc) is 2.65. The van der Waals surface area contributed by atoms with E-state index < -0.39 is 0 Å². The van der Waals surface area contributed by atoms with Gasteiger partial charge in [-0.3, -0.25) is 0 Å². The minimum absolute atomic E-state index is 0.291. The molecule has 2 rings (SSSR count). The number of alkyl halides is 1. The van der Waals surface area contributed by atoms with Gasteiger partial charge >= 0.3 is 0 Å². The second kappa shape index (κ2) is 6.09. The van der Waals surface area contributed by atoms with E-state index in [1.54, 1.807) is 0 Å². The Balaban J connectivity index is 2.08. The van der Waals surface area contributed by atoms with Crippen LogP contribution in [0.1, 0.15) is 73.9 Å². The van der Waals surface area contributed by atoms with Crippen LogP contribution in [0.25, 0.3) is 0 Å². The van der Waals surface area contributed by atoms with Gasteiger partial charge in [0.2, 0.25) is 0 Å². The first kappa shape index (κ1) is 14.6. The maximum Gasteiger partial charge on any atom is 0.0517 e. The van der Waals surface area contributed by atoms with Crippen LogP contribution in [0.3, 0.4) is 0 Å². The van der Waals surface area contributed by atoms with E-state index in [-0.39, 0.29) is 0 Å². The van der Waals surface area contributed by atoms with Gasteiger partial charge in [-0.1, -0.05) is 62.4 Å². The van der Waals surface area contributed by atoms with Gasteiger partial charge in [0.05, 0.1) is 4.83 Å². The summed E-state index contributed by atoms with van der Waals surface area (Å²) in [5.41, 5.74) is 0.291. The van der Waals surface area contributed by atoms with Crippen LogP contribution in [-0.2, 0) is 5.41 Å². The van der Waals surface area contributed by atoms with E-state index in [1.165, 1.54) is 48.3 Å². The van der Waals surface area contributed by atoms with Crippen molar-refractivity contribution in [3.8, 4) is 0 Å². The quantitative estimate of drug-likeness (QED) is 0.432. The predicted molar refractivity (Wildman–Crippen MR) is 85.9 cm³/mol. The fraction of sp³-hybridized carbons (Fsp3) is 0.750. The summed E-state index contributed by atoms with van der Waals surface area (Å²) in [6, 6.07) is 4.67. The Labute approximate surface area is 124 Å². The Morgan fingerprint density at radius 3 is 2.22 bits per heavy atom. The third kappa shape index (κ3) is 3.60. The van der Waals surface area contributed by atoms with Gasteiger partial charge in [-0.05, 0) is 36.3 Å². The second-order valence-electron chi connectivity index (χ2n) is 6.61. The fourth-order valence-electron chi connectivity index (χ4n) is 2.74. The van der Waals surface area contributed by atoms with Gasteiger partial charge in [0, 0.05) is 9.75 Å². The lowest BCUT2D eigenvalue weighted by Gasteiger charge is -2.20. The van der Waals surface area contributed by atoms with E-state index in [0.29, 0.717) is 10.2 Å². The van der Waals surface area contributed by atoms with E-state index in [9.17, 15) is 0 Å². The second-order valence-corrected chi connectivity index (χ2v) is 8.71. The third-order valence-electron chi connectivity index (χ3n) is 3.95. The van der Waals surface area contributed by atoms with E-state index in [4.69, 9.17) is 0 Å². The fourth-order valence-corrected chi connectivity index (χ4v) is 4.84. The van der Waals surface area contributed by atoms with Crippen LogP contribution < -0.4 is 0 Å². The molecule has 0 N–H and O–H groups in total. The highest BCUT2D eigenvalue weighted by atomic mass is 79.9. The maximum absolute atomic E-state index is 3.97. The zero-order chi connectivity index (χ0) is 13.2. The molecular formula is C16H25BrS. The predicted octanol–water partition coefficient (Wildman–Crippen LogP) is 6.45. The molecule has 1 unspecified atom stereocenters. The molecule has 2 heteroatoms. The Hall–Kier alpha value is 0.180. The molecule has 0 radical (unpaired) electrons. The van der Waals surface area contributed by atoms with Crippen LogP contribution in [0.15, 0.2) is 12.1 Å². The molecule has 1 atom stereocenters. The molecule has 1 aliphatic carbocycles. The highest BCUT2D eigenvalue weighted by Crippen LogP contribution is 2.43. The van der Waals surface area contributed by atoms with Crippen molar-refractivity contribution in [2.75, 3.05) is 0 Å². The Morgan fingerprint density at radius 1 is 1.11 bits per heavy atom. The summed E-state index contributed by atoms with van der Waals surface area (Å²) in [7, 11) is 0. The van der Waals surface area contributed by atoms with Crippen molar-refractivity contribution in [2.45, 2.75) is 69.5 Å². The standard InChI is InChI=1S/C16H25BrS/c1-16(2,3)14-11-10-13(18-14)15(17)12-8-6-4-5-7-9-12/h10-12,15H,4-9H2,1-3H3. The largest absolute Gasteiger partial charge is 0.144 e. The molecule has 102 valence electrons. The van der Waals surface area contributed by atoms with Gasteiger partial charge in [-0.15, -0.1) is 11.3 Å². The summed E-state index contributed by atoms with van der Waals surface area (Å²) < 4.78 is 0. The lowest BCUT2D eigenvalue weighted by molar-refractivity contribution is 0.457. The molecule has 1 aliphatic rings. The van der Waals surface area contributed by atoms with E-state index in [1.807, 2.05) is 11.3 Å². The van der Waals surface area contributed by atoms with Crippen molar-refractivity contribution in [1.82, 2.24) is 0 Å². The summed E-state index contributed by atoms with van der Waals surface area (Å²) in [4.78, 5) is 3.62. The summed E-state index contributed by atoms with van der Waals surface area (Å²) in [5.74, 6) is 0.846. The van der Waals surface area contributed by atoms with Crippen LogP contribution in [-0.4, -0.2) is 0 Å². The summed E-state index contributed by atoms with van der Waals surface area (Å²) in [6.07, 6.45) is 8.52. The molecule has 0 aromatic carbocycles. The molecular weight excluding hydrogens is 304 g/mol. The minimum Gasteiger partial charge on any atom is -0.144 e. The maximum atomic E-state index is 3.97. The smallest absolute Gasteiger partial charge is 0.0517 e. The zero-order valence-electron chi connectivity index (χ0n) is 11.8. The topological polar surface area (TPSA) is 0 Å². The highest BCUT2D eigenvalue weighted by Gasteiger charge is 2.25. The first-order valence-electron chi connectivity index (χ1n) is 7.23. The highest BCUT2D eigenvalue weighted by molar-refractivity contribution is 9.09. The first-order chi connectivity index (χ1) is 8.48. The van der Waals surface area contributed by atoms with Crippen molar-refractivity contribution in [3.05, 3.63) is 21.9 Å². The van der Waals surface area contributed by atoms with Crippen LogP contribution in [0.5, 0.6) is 0 Å². The zero-order valence-corrected chi connectivity index (χ0v) is 14.2. The van der Waals surface area contributed by atoms with Crippen molar-refractivity contribution < 1.29 is 0 Å². The van der Waals surface area contributed by atoms with E-state index in [2.05, 4.69) is 48.8 Å². The monoisotopic (exact) mass is 328 g/mol. The van der Waals surface area contributed by atoms with Crippen molar-refractivity contribution in [2.24, 2.45) is 5.92 Å².